The van der Waals surface area contributed by atoms with Gasteiger partial charge in [-0.1, -0.05) is 5.11 Å². The van der Waals surface area contributed by atoms with Gasteiger partial charge < -0.3 is 0 Å². The second-order valence-corrected chi connectivity index (χ2v) is 0.561. The molecule has 0 unspecified atom stereocenters. The normalized spacial score (nSPS) is 5.12. The Labute approximate surface area is 67.1 Å². The molecule has 0 aliphatic rings. The largest absolute Gasteiger partial charge is 0.373 e. The predicted molar refractivity (Wildman–Crippen MR) is 26.1 cm³/mol. The first-order valence-corrected chi connectivity index (χ1v) is 1.19. The van der Waals surface area contributed by atoms with Crippen LogP contribution in [0.15, 0.2) is 5.11 Å². The fourth-order valence-electron chi connectivity index (χ4n) is 0.0323. The molecule has 1 radical (unpaired) electrons. The fraction of sp³-hybridized carbons (Fsp3) is 0. The third-order valence-corrected chi connectivity index (χ3v) is 0.225. The number of nitrogens with two attached hydrogens (primary N) is 1. The molecular formula is CH5FN4NaO. The summed E-state index contributed by atoms with van der Waals surface area (Å²) in [4.78, 5) is 9.59. The van der Waals surface area contributed by atoms with Crippen molar-refractivity contribution in [1.82, 2.24) is 5.43 Å². The minimum atomic E-state index is -0.838. The van der Waals surface area contributed by atoms with E-state index in [4.69, 9.17) is 5.53 Å². The fourth-order valence-corrected chi connectivity index (χ4v) is 0.0323. The van der Waals surface area contributed by atoms with Crippen LogP contribution < -0.4 is 11.3 Å². The van der Waals surface area contributed by atoms with Gasteiger partial charge in [0.1, 0.15) is 0 Å². The van der Waals surface area contributed by atoms with Crippen LogP contribution in [0.5, 0.6) is 0 Å². The van der Waals surface area contributed by atoms with E-state index in [0.29, 0.717) is 0 Å². The molecule has 0 saturated heterocycles. The number of halogens is 1. The van der Waals surface area contributed by atoms with Gasteiger partial charge in [0.15, 0.2) is 0 Å². The van der Waals surface area contributed by atoms with Gasteiger partial charge >= 0.3 is 6.03 Å². The second-order valence-electron chi connectivity index (χ2n) is 0.561. The van der Waals surface area contributed by atoms with Crippen LogP contribution >= 0.6 is 0 Å². The molecule has 0 fully saturated rings. The van der Waals surface area contributed by atoms with Crippen molar-refractivity contribution in [1.29, 1.82) is 5.53 Å². The van der Waals surface area contributed by atoms with Crippen molar-refractivity contribution < 1.29 is 9.50 Å². The molecule has 5 nitrogen and oxygen atoms in total. The molecule has 0 aromatic heterocycles. The smallest absolute Gasteiger partial charge is 0.273 e. The number of carbonyl (C=O) groups is 1. The standard InChI is InChI=1S/CH4N4O.FH.Na/c2-4-1(6)5-3;;/h2H,3H2,(H,5,6);1H;. The van der Waals surface area contributed by atoms with E-state index in [1.807, 2.05) is 0 Å². The van der Waals surface area contributed by atoms with Crippen molar-refractivity contribution in [2.24, 2.45) is 11.0 Å². The Morgan fingerprint density at radius 1 is 1.75 bits per heavy atom. The Kier molecular flexibility index (Phi) is 19.7. The van der Waals surface area contributed by atoms with E-state index >= 15 is 0 Å². The zero-order valence-electron chi connectivity index (χ0n) is 4.34. The quantitative estimate of drug-likeness (QED) is 0.134. The SMILES string of the molecule is F.N=NC(=O)NN.[Na]. The van der Waals surface area contributed by atoms with Gasteiger partial charge in [-0.2, -0.15) is 5.53 Å². The molecule has 7 heteroatoms. The summed E-state index contributed by atoms with van der Waals surface area (Å²) in [5.41, 5.74) is 7.56. The van der Waals surface area contributed by atoms with Crippen LogP contribution in [0.25, 0.3) is 0 Å². The Morgan fingerprint density at radius 2 is 2.12 bits per heavy atom. The average Bonchev–Trinajstić information content (AvgIpc) is 1.65. The van der Waals surface area contributed by atoms with E-state index in [0.717, 1.165) is 0 Å². The van der Waals surface area contributed by atoms with Gasteiger partial charge in [-0.25, -0.2) is 10.6 Å². The summed E-state index contributed by atoms with van der Waals surface area (Å²) in [6.45, 7) is 0. The van der Waals surface area contributed by atoms with Crippen molar-refractivity contribution in [2.45, 2.75) is 0 Å². The van der Waals surface area contributed by atoms with Gasteiger partial charge in [-0.05, 0) is 0 Å². The summed E-state index contributed by atoms with van der Waals surface area (Å²) in [6.07, 6.45) is 0. The third-order valence-electron chi connectivity index (χ3n) is 0.225. The predicted octanol–water partition coefficient (Wildman–Crippen LogP) is -0.628. The molecule has 0 heterocycles. The van der Waals surface area contributed by atoms with Crippen LogP contribution in [0.2, 0.25) is 0 Å². The van der Waals surface area contributed by atoms with Gasteiger partial charge in [0.05, 0.1) is 0 Å². The molecule has 4 N–H and O–H groups in total. The van der Waals surface area contributed by atoms with E-state index in [9.17, 15) is 4.79 Å². The van der Waals surface area contributed by atoms with Gasteiger partial charge in [0.25, 0.3) is 0 Å². The molecule has 0 rings (SSSR count). The first kappa shape index (κ1) is 15.7. The molecule has 0 saturated carbocycles. The van der Waals surface area contributed by atoms with E-state index in [1.165, 1.54) is 0 Å². The maximum absolute atomic E-state index is 9.59. The molecule has 0 bridgehead atoms. The number of hydrazine groups is 1. The maximum Gasteiger partial charge on any atom is 0.373 e. The van der Waals surface area contributed by atoms with Gasteiger partial charge in [0, 0.05) is 29.6 Å². The molecule has 2 amide bonds. The van der Waals surface area contributed by atoms with Gasteiger partial charge in [0.2, 0.25) is 0 Å². The van der Waals surface area contributed by atoms with Crippen molar-refractivity contribution in [3.63, 3.8) is 0 Å². The first-order chi connectivity index (χ1) is 2.81. The number of nitrogens with zero attached hydrogens (tertiary/aromatic N) is 1. The molecule has 0 atom stereocenters. The number of urea groups is 1. The van der Waals surface area contributed by atoms with Crippen LogP contribution in [0.1, 0.15) is 0 Å². The zero-order valence-corrected chi connectivity index (χ0v) is 6.34. The number of hydrogen-bond acceptors (Lipinski definition) is 3. The molecule has 43 valence electrons. The van der Waals surface area contributed by atoms with Crippen LogP contribution in [0.3, 0.4) is 0 Å². The van der Waals surface area contributed by atoms with Crippen molar-refractivity contribution in [2.75, 3.05) is 0 Å². The summed E-state index contributed by atoms with van der Waals surface area (Å²) in [7, 11) is 0. The minimum Gasteiger partial charge on any atom is -0.273 e. The maximum atomic E-state index is 9.59. The molecule has 0 aliphatic heterocycles. The van der Waals surface area contributed by atoms with Gasteiger partial charge in [-0.3, -0.25) is 10.1 Å². The molecular weight excluding hydrogens is 126 g/mol. The molecule has 0 aromatic rings. The number of nitrogens with one attached hydrogen (secondary N) is 2. The molecule has 8 heavy (non-hydrogen) atoms. The van der Waals surface area contributed by atoms with Crippen LogP contribution in [0.4, 0.5) is 9.50 Å². The van der Waals surface area contributed by atoms with Crippen molar-refractivity contribution >= 4 is 35.6 Å². The Morgan fingerprint density at radius 3 is 2.12 bits per heavy atom. The number of hydrogen-bond donors (Lipinski definition) is 3. The zero-order chi connectivity index (χ0) is 4.99. The van der Waals surface area contributed by atoms with Crippen LogP contribution in [-0.2, 0) is 0 Å². The number of amides is 2. The van der Waals surface area contributed by atoms with Crippen LogP contribution in [-0.4, -0.2) is 35.6 Å². The van der Waals surface area contributed by atoms with E-state index in [1.54, 1.807) is 5.43 Å². The summed E-state index contributed by atoms with van der Waals surface area (Å²) in [5, 5.41) is 2.38. The Hall–Kier alpha value is -0.0400. The summed E-state index contributed by atoms with van der Waals surface area (Å²) in [6, 6.07) is -0.838. The van der Waals surface area contributed by atoms with Gasteiger partial charge in [-0.15, -0.1) is 0 Å². The summed E-state index contributed by atoms with van der Waals surface area (Å²) in [5.74, 6) is 4.47. The van der Waals surface area contributed by atoms with Crippen molar-refractivity contribution in [3.8, 4) is 0 Å². The number of carbonyl (C=O) groups excluding carboxylic acids is 1. The second kappa shape index (κ2) is 10.0. The third kappa shape index (κ3) is 9.35. The monoisotopic (exact) mass is 131 g/mol. The van der Waals surface area contributed by atoms with Crippen LogP contribution in [0, 0.1) is 5.53 Å². The average molecular weight is 131 g/mol. The molecule has 0 spiro atoms. The number of rotatable bonds is 0. The summed E-state index contributed by atoms with van der Waals surface area (Å²) < 4.78 is 0. The Balaban J connectivity index is -0.000000125. The Bertz CT molecular complexity index is 76.4. The molecule has 0 aliphatic carbocycles. The van der Waals surface area contributed by atoms with E-state index in [-0.39, 0.29) is 34.3 Å². The summed E-state index contributed by atoms with van der Waals surface area (Å²) >= 11 is 0. The van der Waals surface area contributed by atoms with E-state index in [2.05, 4.69) is 11.0 Å². The first-order valence-electron chi connectivity index (χ1n) is 1.19. The molecule has 0 aromatic carbocycles. The van der Waals surface area contributed by atoms with Crippen molar-refractivity contribution in [3.05, 3.63) is 0 Å². The van der Waals surface area contributed by atoms with E-state index < -0.39 is 6.03 Å². The topological polar surface area (TPSA) is 91.3 Å². The minimum absolute atomic E-state index is 0.